The van der Waals surface area contributed by atoms with Crippen molar-refractivity contribution >= 4 is 18.2 Å². The van der Waals surface area contributed by atoms with Gasteiger partial charge in [-0.3, -0.25) is 0 Å². The van der Waals surface area contributed by atoms with E-state index in [1.165, 1.54) is 0 Å². The smallest absolute Gasteiger partial charge is 0.178 e. The minimum atomic E-state index is 0. The Hall–Kier alpha value is -1.39. The molecule has 4 nitrogen and oxygen atoms in total. The number of hydrogen-bond donors (Lipinski definition) is 1. The van der Waals surface area contributed by atoms with Crippen LogP contribution in [0.2, 0.25) is 0 Å². The van der Waals surface area contributed by atoms with Crippen LogP contribution in [-0.4, -0.2) is 9.97 Å². The topological polar surface area (TPSA) is 55.7 Å². The van der Waals surface area contributed by atoms with E-state index in [1.807, 2.05) is 42.1 Å². The molecule has 0 unspecified atom stereocenters. The molecule has 6 heteroatoms. The van der Waals surface area contributed by atoms with Gasteiger partial charge < -0.3 is 18.1 Å². The summed E-state index contributed by atoms with van der Waals surface area (Å²) in [4.78, 5) is 8.25. The Bertz CT molecular complexity index is 462. The fourth-order valence-corrected chi connectivity index (χ4v) is 1.37. The van der Waals surface area contributed by atoms with Crippen LogP contribution in [0.15, 0.2) is 36.8 Å². The second-order valence-electron chi connectivity index (χ2n) is 3.38. The molecule has 0 saturated carbocycles. The molecule has 17 heavy (non-hydrogen) atoms. The van der Waals surface area contributed by atoms with Crippen molar-refractivity contribution < 1.29 is 17.0 Å². The molecule has 2 N–H and O–H groups in total. The van der Waals surface area contributed by atoms with Crippen LogP contribution in [0.25, 0.3) is 0 Å². The van der Waals surface area contributed by atoms with Crippen LogP contribution in [0.3, 0.4) is 0 Å². The molecule has 92 valence electrons. The fourth-order valence-electron chi connectivity index (χ4n) is 1.37. The number of nitrogens with two attached hydrogens (primary N) is 1. The van der Waals surface area contributed by atoms with Crippen molar-refractivity contribution in [3.8, 4) is 0 Å². The zero-order chi connectivity index (χ0) is 10.7. The molecule has 2 aromatic rings. The molecule has 2 heterocycles. The highest BCUT2D eigenvalue weighted by atomic mass is 35.5. The van der Waals surface area contributed by atoms with Crippen LogP contribution in [0.5, 0.6) is 0 Å². The number of hydrogen-bond acceptors (Lipinski definition) is 3. The number of nitrogens with zero attached hydrogens (tertiary/aromatic N) is 3. The molecular weight excluding hydrogens is 259 g/mol. The first-order valence-electron chi connectivity index (χ1n) is 4.78. The highest BCUT2D eigenvalue weighted by Gasteiger charge is 2.06. The number of halogens is 2. The molecule has 2 rings (SSSR count). The minimum Gasteiger partial charge on any atom is -1.00 e. The quantitative estimate of drug-likeness (QED) is 0.652. The number of aromatic nitrogens is 3. The largest absolute Gasteiger partial charge is 1.00 e. The number of anilines is 1. The van der Waals surface area contributed by atoms with Crippen molar-refractivity contribution in [3.05, 3.63) is 48.2 Å². The summed E-state index contributed by atoms with van der Waals surface area (Å²) < 4.78 is 2.03. The Morgan fingerprint density at radius 2 is 1.88 bits per heavy atom. The molecule has 0 fully saturated rings. The van der Waals surface area contributed by atoms with E-state index in [9.17, 15) is 0 Å². The Labute approximate surface area is 113 Å². The van der Waals surface area contributed by atoms with E-state index in [1.54, 1.807) is 6.20 Å². The molecule has 0 amide bonds. The minimum absolute atomic E-state index is 0. The summed E-state index contributed by atoms with van der Waals surface area (Å²) in [6.07, 6.45) is 5.75. The number of pyridine rings is 1. The van der Waals surface area contributed by atoms with Gasteiger partial charge in [0, 0.05) is 18.3 Å². The van der Waals surface area contributed by atoms with E-state index >= 15 is 0 Å². The van der Waals surface area contributed by atoms with Crippen LogP contribution in [0.4, 0.5) is 5.82 Å². The molecule has 0 saturated heterocycles. The molecule has 0 aromatic carbocycles. The maximum absolute atomic E-state index is 5.80. The van der Waals surface area contributed by atoms with Gasteiger partial charge in [0.15, 0.2) is 18.9 Å². The first-order valence-corrected chi connectivity index (χ1v) is 4.78. The first-order chi connectivity index (χ1) is 7.25. The predicted octanol–water partition coefficient (Wildman–Crippen LogP) is -1.87. The van der Waals surface area contributed by atoms with Gasteiger partial charge in [0.1, 0.15) is 11.6 Å². The standard InChI is InChI=1S/C11H13N4.2ClH/c1-9-13-7-10(11(12)14-9)8-15-5-3-2-4-6-15;;/h2-7H,8H2,1H3,(H2,12,13,14);2*1H/q+1;;/p-1. The van der Waals surface area contributed by atoms with E-state index < -0.39 is 0 Å². The summed E-state index contributed by atoms with van der Waals surface area (Å²) in [6, 6.07) is 5.93. The van der Waals surface area contributed by atoms with Crippen molar-refractivity contribution in [2.45, 2.75) is 13.5 Å². The zero-order valence-corrected chi connectivity index (χ0v) is 10.9. The summed E-state index contributed by atoms with van der Waals surface area (Å²) >= 11 is 0. The molecule has 0 bridgehead atoms. The molecule has 0 radical (unpaired) electrons. The molecule has 0 aliphatic rings. The van der Waals surface area contributed by atoms with E-state index in [0.29, 0.717) is 18.2 Å². The molecule has 0 spiro atoms. The van der Waals surface area contributed by atoms with Gasteiger partial charge in [-0.15, -0.1) is 12.4 Å². The van der Waals surface area contributed by atoms with Gasteiger partial charge in [-0.2, -0.15) is 0 Å². The zero-order valence-electron chi connectivity index (χ0n) is 9.38. The summed E-state index contributed by atoms with van der Waals surface area (Å²) in [5.41, 5.74) is 6.75. The normalized spacial score (nSPS) is 9.00. The van der Waals surface area contributed by atoms with Crippen molar-refractivity contribution in [3.63, 3.8) is 0 Å². The maximum atomic E-state index is 5.80. The lowest BCUT2D eigenvalue weighted by Crippen LogP contribution is -3.00. The predicted molar refractivity (Wildman–Crippen MR) is 64.2 cm³/mol. The SMILES string of the molecule is Cc1ncc(C[n+]2ccccc2)c(N)n1.Cl.[Cl-]. The van der Waals surface area contributed by atoms with E-state index in [4.69, 9.17) is 5.73 Å². The monoisotopic (exact) mass is 272 g/mol. The molecule has 0 aliphatic carbocycles. The van der Waals surface area contributed by atoms with E-state index in [0.717, 1.165) is 5.56 Å². The van der Waals surface area contributed by atoms with Crippen molar-refractivity contribution in [1.29, 1.82) is 0 Å². The second-order valence-corrected chi connectivity index (χ2v) is 3.38. The van der Waals surface area contributed by atoms with Gasteiger partial charge in [-0.05, 0) is 6.92 Å². The second kappa shape index (κ2) is 7.04. The summed E-state index contributed by atoms with van der Waals surface area (Å²) in [5.74, 6) is 1.26. The van der Waals surface area contributed by atoms with E-state index in [2.05, 4.69) is 9.97 Å². The van der Waals surface area contributed by atoms with Crippen molar-refractivity contribution in [1.82, 2.24) is 9.97 Å². The Morgan fingerprint density at radius 3 is 2.47 bits per heavy atom. The van der Waals surface area contributed by atoms with Crippen molar-refractivity contribution in [2.75, 3.05) is 5.73 Å². The van der Waals surface area contributed by atoms with Crippen LogP contribution in [0.1, 0.15) is 11.4 Å². The summed E-state index contributed by atoms with van der Waals surface area (Å²) in [6.45, 7) is 2.53. The summed E-state index contributed by atoms with van der Waals surface area (Å²) in [7, 11) is 0. The number of nitrogen functional groups attached to an aromatic ring is 1. The van der Waals surface area contributed by atoms with Crippen LogP contribution >= 0.6 is 12.4 Å². The van der Waals surface area contributed by atoms with Crippen LogP contribution in [0, 0.1) is 6.92 Å². The highest BCUT2D eigenvalue weighted by Crippen LogP contribution is 2.05. The fraction of sp³-hybridized carbons (Fsp3) is 0.182. The van der Waals surface area contributed by atoms with E-state index in [-0.39, 0.29) is 24.8 Å². The van der Waals surface area contributed by atoms with Gasteiger partial charge in [0.2, 0.25) is 0 Å². The van der Waals surface area contributed by atoms with Gasteiger partial charge in [-0.25, -0.2) is 14.5 Å². The summed E-state index contributed by atoms with van der Waals surface area (Å²) in [5, 5.41) is 0. The Kier molecular flexibility index (Phi) is 6.46. The molecule has 0 aliphatic heterocycles. The highest BCUT2D eigenvalue weighted by molar-refractivity contribution is 5.85. The van der Waals surface area contributed by atoms with Crippen LogP contribution < -0.4 is 22.7 Å². The maximum Gasteiger partial charge on any atom is 0.178 e. The third-order valence-electron chi connectivity index (χ3n) is 2.15. The average molecular weight is 273 g/mol. The third-order valence-corrected chi connectivity index (χ3v) is 2.15. The lowest BCUT2D eigenvalue weighted by molar-refractivity contribution is -0.688. The number of rotatable bonds is 2. The van der Waals surface area contributed by atoms with Gasteiger partial charge in [-0.1, -0.05) is 6.07 Å². The molecular formula is C11H14Cl2N4. The first kappa shape index (κ1) is 15.6. The Balaban J connectivity index is 0.00000128. The lowest BCUT2D eigenvalue weighted by Gasteiger charge is -2.01. The lowest BCUT2D eigenvalue weighted by atomic mass is 10.3. The van der Waals surface area contributed by atoms with Gasteiger partial charge >= 0.3 is 0 Å². The van der Waals surface area contributed by atoms with Crippen LogP contribution in [-0.2, 0) is 6.54 Å². The average Bonchev–Trinajstić information content (AvgIpc) is 2.24. The van der Waals surface area contributed by atoms with Gasteiger partial charge in [0.05, 0.1) is 5.56 Å². The molecule has 0 atom stereocenters. The van der Waals surface area contributed by atoms with Gasteiger partial charge in [0.25, 0.3) is 0 Å². The number of aryl methyl sites for hydroxylation is 1. The van der Waals surface area contributed by atoms with Crippen molar-refractivity contribution in [2.24, 2.45) is 0 Å². The molecule has 2 aromatic heterocycles. The Morgan fingerprint density at radius 1 is 1.24 bits per heavy atom. The third kappa shape index (κ3) is 4.17.